The zero-order valence-electron chi connectivity index (χ0n) is 15.7. The van der Waals surface area contributed by atoms with Crippen molar-refractivity contribution < 1.29 is 28.6 Å². The molecule has 2 amide bonds. The maximum absolute atomic E-state index is 12.3. The Morgan fingerprint density at radius 3 is 2.56 bits per heavy atom. The normalized spacial score (nSPS) is 19.8. The van der Waals surface area contributed by atoms with Gasteiger partial charge in [-0.15, -0.1) is 0 Å². The summed E-state index contributed by atoms with van der Waals surface area (Å²) in [4.78, 5) is 38.2. The highest BCUT2D eigenvalue weighted by Gasteiger charge is 2.37. The van der Waals surface area contributed by atoms with Crippen molar-refractivity contribution >= 4 is 23.5 Å². The molecule has 0 aromatic heterocycles. The van der Waals surface area contributed by atoms with E-state index in [1.807, 2.05) is 13.8 Å². The van der Waals surface area contributed by atoms with E-state index in [1.165, 1.54) is 6.92 Å². The minimum absolute atomic E-state index is 0.0335. The first-order valence-corrected chi connectivity index (χ1v) is 9.05. The van der Waals surface area contributed by atoms with E-state index in [4.69, 9.17) is 14.2 Å². The van der Waals surface area contributed by atoms with E-state index >= 15 is 0 Å². The lowest BCUT2D eigenvalue weighted by molar-refractivity contribution is -0.157. The number of rotatable bonds is 5. The van der Waals surface area contributed by atoms with Crippen molar-refractivity contribution in [3.63, 3.8) is 0 Å². The summed E-state index contributed by atoms with van der Waals surface area (Å²) >= 11 is 0. The SMILES string of the molecule is CC(OC(=O)C1CC(=O)N(C(C)C)C1)C(=O)Nc1ccc2c(c1)OCCO2. The molecular weight excluding hydrogens is 352 g/mol. The lowest BCUT2D eigenvalue weighted by Gasteiger charge is -2.21. The number of benzene rings is 1. The second kappa shape index (κ2) is 7.85. The van der Waals surface area contributed by atoms with E-state index in [2.05, 4.69) is 5.32 Å². The van der Waals surface area contributed by atoms with Crippen molar-refractivity contribution in [2.24, 2.45) is 5.92 Å². The molecule has 27 heavy (non-hydrogen) atoms. The highest BCUT2D eigenvalue weighted by atomic mass is 16.6. The summed E-state index contributed by atoms with van der Waals surface area (Å²) in [7, 11) is 0. The second-order valence-electron chi connectivity index (χ2n) is 6.97. The molecule has 0 spiro atoms. The molecule has 0 bridgehead atoms. The summed E-state index contributed by atoms with van der Waals surface area (Å²) in [6, 6.07) is 5.10. The van der Waals surface area contributed by atoms with Crippen LogP contribution >= 0.6 is 0 Å². The number of nitrogens with zero attached hydrogens (tertiary/aromatic N) is 1. The maximum Gasteiger partial charge on any atom is 0.312 e. The van der Waals surface area contributed by atoms with Crippen LogP contribution in [0.25, 0.3) is 0 Å². The van der Waals surface area contributed by atoms with E-state index in [0.717, 1.165) is 0 Å². The smallest absolute Gasteiger partial charge is 0.312 e. The first-order valence-electron chi connectivity index (χ1n) is 9.05. The van der Waals surface area contributed by atoms with Gasteiger partial charge in [-0.3, -0.25) is 14.4 Å². The Morgan fingerprint density at radius 1 is 1.19 bits per heavy atom. The Balaban J connectivity index is 1.55. The minimum atomic E-state index is -0.978. The number of fused-ring (bicyclic) bond motifs is 1. The third kappa shape index (κ3) is 4.32. The van der Waals surface area contributed by atoms with Gasteiger partial charge in [-0.05, 0) is 32.9 Å². The van der Waals surface area contributed by atoms with Gasteiger partial charge in [-0.1, -0.05) is 0 Å². The first-order chi connectivity index (χ1) is 12.8. The summed E-state index contributed by atoms with van der Waals surface area (Å²) in [5.41, 5.74) is 0.522. The van der Waals surface area contributed by atoms with E-state index in [0.29, 0.717) is 36.9 Å². The number of nitrogens with one attached hydrogen (secondary N) is 1. The van der Waals surface area contributed by atoms with Crippen LogP contribution in [0.1, 0.15) is 27.2 Å². The zero-order valence-corrected chi connectivity index (χ0v) is 15.7. The fraction of sp³-hybridized carbons (Fsp3) is 0.526. The highest BCUT2D eigenvalue weighted by molar-refractivity contribution is 5.96. The number of hydrogen-bond donors (Lipinski definition) is 1. The Hall–Kier alpha value is -2.77. The third-order valence-corrected chi connectivity index (χ3v) is 4.59. The number of likely N-dealkylation sites (tertiary alicyclic amines) is 1. The minimum Gasteiger partial charge on any atom is -0.486 e. The molecule has 2 aliphatic heterocycles. The number of esters is 1. The van der Waals surface area contributed by atoms with Crippen LogP contribution in [0.3, 0.4) is 0 Å². The van der Waals surface area contributed by atoms with Gasteiger partial charge in [0.1, 0.15) is 13.2 Å². The lowest BCUT2D eigenvalue weighted by atomic mass is 10.1. The maximum atomic E-state index is 12.3. The van der Waals surface area contributed by atoms with Gasteiger partial charge in [0.05, 0.1) is 5.92 Å². The average Bonchev–Trinajstić information content (AvgIpc) is 3.03. The molecular formula is C19H24N2O6. The summed E-state index contributed by atoms with van der Waals surface area (Å²) in [6.45, 7) is 6.56. The average molecular weight is 376 g/mol. The summed E-state index contributed by atoms with van der Waals surface area (Å²) in [6.07, 6.45) is -0.859. The molecule has 3 rings (SSSR count). The van der Waals surface area contributed by atoms with Crippen LogP contribution in [-0.2, 0) is 19.1 Å². The molecule has 2 atom stereocenters. The van der Waals surface area contributed by atoms with Gasteiger partial charge in [-0.2, -0.15) is 0 Å². The molecule has 0 saturated carbocycles. The van der Waals surface area contributed by atoms with Crippen LogP contribution < -0.4 is 14.8 Å². The summed E-state index contributed by atoms with van der Waals surface area (Å²) < 4.78 is 16.2. The predicted octanol–water partition coefficient (Wildman–Crippen LogP) is 1.58. The van der Waals surface area contributed by atoms with E-state index in [9.17, 15) is 14.4 Å². The first kappa shape index (κ1) is 19.0. The number of ether oxygens (including phenoxy) is 3. The van der Waals surface area contributed by atoms with Gasteiger partial charge in [0.25, 0.3) is 5.91 Å². The molecule has 2 unspecified atom stereocenters. The Labute approximate surface area is 157 Å². The van der Waals surface area contributed by atoms with Gasteiger partial charge in [0, 0.05) is 30.8 Å². The molecule has 1 aromatic carbocycles. The molecule has 0 aliphatic carbocycles. The molecule has 1 aromatic rings. The standard InChI is InChI=1S/C19H24N2O6/c1-11(2)21-10-13(8-17(21)22)19(24)27-12(3)18(23)20-14-4-5-15-16(9-14)26-7-6-25-15/h4-5,9,11-13H,6-8,10H2,1-3H3,(H,20,23). The van der Waals surface area contributed by atoms with Crippen molar-refractivity contribution in [1.29, 1.82) is 0 Å². The van der Waals surface area contributed by atoms with Crippen molar-refractivity contribution in [3.05, 3.63) is 18.2 Å². The van der Waals surface area contributed by atoms with Crippen molar-refractivity contribution in [2.45, 2.75) is 39.3 Å². The molecule has 1 saturated heterocycles. The Morgan fingerprint density at radius 2 is 1.89 bits per heavy atom. The van der Waals surface area contributed by atoms with Gasteiger partial charge in [0.15, 0.2) is 17.6 Å². The lowest BCUT2D eigenvalue weighted by Crippen LogP contribution is -2.35. The van der Waals surface area contributed by atoms with Gasteiger partial charge < -0.3 is 24.4 Å². The molecule has 2 aliphatic rings. The molecule has 2 heterocycles. The monoisotopic (exact) mass is 376 g/mol. The van der Waals surface area contributed by atoms with E-state index in [-0.39, 0.29) is 18.4 Å². The van der Waals surface area contributed by atoms with Crippen molar-refractivity contribution in [3.8, 4) is 11.5 Å². The van der Waals surface area contributed by atoms with Crippen molar-refractivity contribution in [1.82, 2.24) is 4.90 Å². The van der Waals surface area contributed by atoms with Crippen LogP contribution in [0, 0.1) is 5.92 Å². The van der Waals surface area contributed by atoms with Gasteiger partial charge in [-0.25, -0.2) is 0 Å². The predicted molar refractivity (Wildman–Crippen MR) is 96.6 cm³/mol. The molecule has 8 nitrogen and oxygen atoms in total. The number of hydrogen-bond acceptors (Lipinski definition) is 6. The van der Waals surface area contributed by atoms with Gasteiger partial charge >= 0.3 is 5.97 Å². The molecule has 1 fully saturated rings. The molecule has 146 valence electrons. The van der Waals surface area contributed by atoms with E-state index in [1.54, 1.807) is 23.1 Å². The number of carbonyl (C=O) groups is 3. The van der Waals surface area contributed by atoms with Crippen LogP contribution in [0.5, 0.6) is 11.5 Å². The van der Waals surface area contributed by atoms with Crippen LogP contribution in [0.15, 0.2) is 18.2 Å². The Kier molecular flexibility index (Phi) is 5.53. The molecule has 1 N–H and O–H groups in total. The zero-order chi connectivity index (χ0) is 19.6. The van der Waals surface area contributed by atoms with Crippen LogP contribution in [0.2, 0.25) is 0 Å². The quantitative estimate of drug-likeness (QED) is 0.784. The Bertz CT molecular complexity index is 748. The third-order valence-electron chi connectivity index (χ3n) is 4.59. The number of amides is 2. The number of anilines is 1. The summed E-state index contributed by atoms with van der Waals surface area (Å²) in [5, 5.41) is 2.69. The van der Waals surface area contributed by atoms with Gasteiger partial charge in [0.2, 0.25) is 5.91 Å². The van der Waals surface area contributed by atoms with E-state index < -0.39 is 23.9 Å². The van der Waals surface area contributed by atoms with Crippen molar-refractivity contribution in [2.75, 3.05) is 25.1 Å². The molecule has 8 heteroatoms. The molecule has 0 radical (unpaired) electrons. The number of carbonyl (C=O) groups excluding carboxylic acids is 3. The second-order valence-corrected chi connectivity index (χ2v) is 6.97. The summed E-state index contributed by atoms with van der Waals surface area (Å²) in [5.74, 6) is -0.410. The topological polar surface area (TPSA) is 94.2 Å². The fourth-order valence-corrected chi connectivity index (χ4v) is 3.08. The highest BCUT2D eigenvalue weighted by Crippen LogP contribution is 2.32. The fourth-order valence-electron chi connectivity index (χ4n) is 3.08. The van der Waals surface area contributed by atoms with Crippen LogP contribution in [-0.4, -0.2) is 54.6 Å². The largest absolute Gasteiger partial charge is 0.486 e. The van der Waals surface area contributed by atoms with Crippen LogP contribution in [0.4, 0.5) is 5.69 Å².